The topological polar surface area (TPSA) is 91.6 Å². The predicted octanol–water partition coefficient (Wildman–Crippen LogP) is 5.98. The summed E-state index contributed by atoms with van der Waals surface area (Å²) in [6.07, 6.45) is 6.31. The van der Waals surface area contributed by atoms with E-state index in [1.165, 1.54) is 18.4 Å². The number of hydrogen-bond donors (Lipinski definition) is 2. The fraction of sp³-hybridized carbons (Fsp3) is 0.562. The molecular formula is C32H40N2O4. The molecule has 2 aromatic carbocycles. The van der Waals surface area contributed by atoms with Gasteiger partial charge in [0.15, 0.2) is 0 Å². The molecule has 6 nitrogen and oxygen atoms in total. The van der Waals surface area contributed by atoms with E-state index in [1.54, 1.807) is 25.3 Å². The maximum absolute atomic E-state index is 13.3. The van der Waals surface area contributed by atoms with Crippen LogP contribution in [-0.4, -0.2) is 36.4 Å². The Balaban J connectivity index is 1.20. The van der Waals surface area contributed by atoms with Gasteiger partial charge in [-0.15, -0.1) is 0 Å². The second-order valence-corrected chi connectivity index (χ2v) is 13.0. The number of methoxy groups -OCH3 is 1. The molecule has 0 saturated heterocycles. The van der Waals surface area contributed by atoms with Gasteiger partial charge in [0.2, 0.25) is 0 Å². The minimum absolute atomic E-state index is 0.0625. The molecule has 1 amide bonds. The highest BCUT2D eigenvalue weighted by atomic mass is 16.5. The van der Waals surface area contributed by atoms with Crippen molar-refractivity contribution < 1.29 is 19.4 Å². The van der Waals surface area contributed by atoms with E-state index in [1.807, 2.05) is 12.1 Å². The largest absolute Gasteiger partial charge is 0.495 e. The number of nitriles is 1. The number of ether oxygens (including phenoxy) is 2. The van der Waals surface area contributed by atoms with Gasteiger partial charge in [0.1, 0.15) is 23.7 Å². The second-order valence-electron chi connectivity index (χ2n) is 13.0. The zero-order valence-corrected chi connectivity index (χ0v) is 23.2. The van der Waals surface area contributed by atoms with Gasteiger partial charge in [-0.05, 0) is 79.7 Å². The molecule has 6 heteroatoms. The Bertz CT molecular complexity index is 1210. The van der Waals surface area contributed by atoms with Gasteiger partial charge in [0.25, 0.3) is 5.91 Å². The molecule has 0 aliphatic heterocycles. The first-order chi connectivity index (χ1) is 18.0. The molecular weight excluding hydrogens is 476 g/mol. The second kappa shape index (κ2) is 9.61. The molecule has 3 saturated carbocycles. The first-order valence-corrected chi connectivity index (χ1v) is 13.8. The third-order valence-corrected chi connectivity index (χ3v) is 9.68. The number of carbonyl (C=O) groups is 1. The molecule has 0 radical (unpaired) electrons. The van der Waals surface area contributed by atoms with Crippen LogP contribution >= 0.6 is 0 Å². The number of carbonyl (C=O) groups excluding carboxylic acids is 1. The fourth-order valence-electron chi connectivity index (χ4n) is 7.74. The van der Waals surface area contributed by atoms with E-state index < -0.39 is 0 Å². The van der Waals surface area contributed by atoms with E-state index in [4.69, 9.17) is 9.47 Å². The van der Waals surface area contributed by atoms with Gasteiger partial charge in [0.05, 0.1) is 18.8 Å². The van der Waals surface area contributed by atoms with Crippen molar-refractivity contribution in [3.63, 3.8) is 0 Å². The molecule has 1 spiro atoms. The molecule has 0 atom stereocenters. The Hall–Kier alpha value is -3.04. The number of amides is 1. The molecule has 0 aromatic heterocycles. The number of nitrogens with one attached hydrogen (secondary N) is 1. The van der Waals surface area contributed by atoms with Gasteiger partial charge < -0.3 is 19.9 Å². The highest BCUT2D eigenvalue weighted by molar-refractivity contribution is 5.94. The summed E-state index contributed by atoms with van der Waals surface area (Å²) in [6, 6.07) is 15.4. The van der Waals surface area contributed by atoms with Crippen LogP contribution in [0.1, 0.15) is 93.6 Å². The molecule has 3 aliphatic carbocycles. The van der Waals surface area contributed by atoms with Gasteiger partial charge in [0, 0.05) is 28.5 Å². The molecule has 0 unspecified atom stereocenters. The quantitative estimate of drug-likeness (QED) is 0.493. The number of benzene rings is 2. The van der Waals surface area contributed by atoms with Crippen LogP contribution in [0.15, 0.2) is 42.5 Å². The lowest BCUT2D eigenvalue weighted by atomic mass is 9.49. The lowest BCUT2D eigenvalue weighted by Gasteiger charge is -2.63. The van der Waals surface area contributed by atoms with Crippen molar-refractivity contribution in [2.24, 2.45) is 16.2 Å². The number of hydrogen-bond acceptors (Lipinski definition) is 5. The minimum Gasteiger partial charge on any atom is -0.495 e. The van der Waals surface area contributed by atoms with E-state index in [9.17, 15) is 15.2 Å². The van der Waals surface area contributed by atoms with Gasteiger partial charge >= 0.3 is 0 Å². The van der Waals surface area contributed by atoms with Crippen molar-refractivity contribution >= 4 is 5.91 Å². The molecule has 2 aromatic rings. The summed E-state index contributed by atoms with van der Waals surface area (Å²) in [4.78, 5) is 13.3. The van der Waals surface area contributed by atoms with Crippen LogP contribution in [0.5, 0.6) is 11.5 Å². The maximum atomic E-state index is 13.3. The zero-order chi connectivity index (χ0) is 27.3. The number of aliphatic hydroxyl groups excluding tert-OH is 1. The van der Waals surface area contributed by atoms with E-state index in [0.717, 1.165) is 25.7 Å². The monoisotopic (exact) mass is 516 g/mol. The normalized spacial score (nSPS) is 30.9. The Morgan fingerprint density at radius 2 is 1.66 bits per heavy atom. The molecule has 202 valence electrons. The van der Waals surface area contributed by atoms with Gasteiger partial charge in [-0.25, -0.2) is 0 Å². The summed E-state index contributed by atoms with van der Waals surface area (Å²) < 4.78 is 11.7. The summed E-state index contributed by atoms with van der Waals surface area (Å²) >= 11 is 0. The summed E-state index contributed by atoms with van der Waals surface area (Å²) in [5.41, 5.74) is 2.30. The smallest absolute Gasteiger partial charge is 0.251 e. The van der Waals surface area contributed by atoms with Crippen LogP contribution in [0.4, 0.5) is 0 Å². The van der Waals surface area contributed by atoms with Crippen molar-refractivity contribution in [1.82, 2.24) is 5.32 Å². The van der Waals surface area contributed by atoms with E-state index in [0.29, 0.717) is 34.0 Å². The minimum atomic E-state index is -0.298. The van der Waals surface area contributed by atoms with Crippen molar-refractivity contribution in [1.29, 1.82) is 5.26 Å². The maximum Gasteiger partial charge on any atom is 0.251 e. The highest BCUT2D eigenvalue weighted by Crippen LogP contribution is 2.58. The SMILES string of the molecule is COc1cc(OC2C(C)(C)C(NC(=O)c3ccc(C4CC5(CCC(O)CC5)C4)cc3)C2(C)C)ccc1C#N. The molecule has 38 heavy (non-hydrogen) atoms. The third-order valence-electron chi connectivity index (χ3n) is 9.68. The summed E-state index contributed by atoms with van der Waals surface area (Å²) in [7, 11) is 1.54. The molecule has 0 heterocycles. The van der Waals surface area contributed by atoms with Crippen LogP contribution in [0.2, 0.25) is 0 Å². The zero-order valence-electron chi connectivity index (χ0n) is 23.2. The molecule has 2 N–H and O–H groups in total. The van der Waals surface area contributed by atoms with Crippen molar-refractivity contribution in [2.45, 2.75) is 90.4 Å². The van der Waals surface area contributed by atoms with Gasteiger partial charge in [-0.2, -0.15) is 5.26 Å². The number of nitrogens with zero attached hydrogens (tertiary/aromatic N) is 1. The Morgan fingerprint density at radius 3 is 2.24 bits per heavy atom. The van der Waals surface area contributed by atoms with Crippen molar-refractivity contribution in [2.75, 3.05) is 7.11 Å². The first-order valence-electron chi connectivity index (χ1n) is 13.8. The lowest BCUT2D eigenvalue weighted by Crippen LogP contribution is -2.74. The van der Waals surface area contributed by atoms with E-state index in [2.05, 4.69) is 51.2 Å². The fourth-order valence-corrected chi connectivity index (χ4v) is 7.74. The summed E-state index contributed by atoms with van der Waals surface area (Å²) in [5, 5.41) is 22.4. The lowest BCUT2D eigenvalue weighted by molar-refractivity contribution is -0.164. The standard InChI is InChI=1S/C32H40N2O4/c1-30(2)28(31(3,4)29(30)38-25-11-10-22(19-33)26(16-25)37-5)34-27(36)21-8-6-20(7-9-21)23-17-32(18-23)14-12-24(35)13-15-32/h6-11,16,23-24,28-29,35H,12-15,17-18H2,1-5H3,(H,34,36). The molecule has 0 bridgehead atoms. The predicted molar refractivity (Wildman–Crippen MR) is 146 cm³/mol. The van der Waals surface area contributed by atoms with Crippen LogP contribution in [-0.2, 0) is 0 Å². The summed E-state index contributed by atoms with van der Waals surface area (Å²) in [5.74, 6) is 1.63. The first kappa shape index (κ1) is 26.6. The van der Waals surface area contributed by atoms with Crippen LogP contribution in [0.3, 0.4) is 0 Å². The molecule has 3 fully saturated rings. The van der Waals surface area contributed by atoms with Gasteiger partial charge in [-0.1, -0.05) is 39.8 Å². The van der Waals surface area contributed by atoms with Crippen molar-refractivity contribution in [3.8, 4) is 17.6 Å². The highest BCUT2D eigenvalue weighted by Gasteiger charge is 2.64. The average Bonchev–Trinajstić information content (AvgIpc) is 2.89. The number of aliphatic hydroxyl groups is 1. The number of rotatable bonds is 6. The molecule has 3 aliphatic rings. The summed E-state index contributed by atoms with van der Waals surface area (Å²) in [6.45, 7) is 8.48. The molecule has 5 rings (SSSR count). The van der Waals surface area contributed by atoms with Crippen LogP contribution < -0.4 is 14.8 Å². The Morgan fingerprint density at radius 1 is 1.03 bits per heavy atom. The van der Waals surface area contributed by atoms with Crippen LogP contribution in [0.25, 0.3) is 0 Å². The Labute approximate surface area is 226 Å². The van der Waals surface area contributed by atoms with E-state index in [-0.39, 0.29) is 35.0 Å². The van der Waals surface area contributed by atoms with Crippen LogP contribution in [0, 0.1) is 27.6 Å². The average molecular weight is 517 g/mol. The third kappa shape index (κ3) is 4.56. The van der Waals surface area contributed by atoms with E-state index >= 15 is 0 Å². The van der Waals surface area contributed by atoms with Crippen molar-refractivity contribution in [3.05, 3.63) is 59.2 Å². The Kier molecular flexibility index (Phi) is 6.72. The van der Waals surface area contributed by atoms with Gasteiger partial charge in [-0.3, -0.25) is 4.79 Å².